The van der Waals surface area contributed by atoms with Gasteiger partial charge in [-0.25, -0.2) is 0 Å². The molecule has 2 N–H and O–H groups in total. The number of carbonyl (C=O) groups is 1. The van der Waals surface area contributed by atoms with Crippen molar-refractivity contribution in [2.75, 3.05) is 13.1 Å². The normalized spacial score (nSPS) is 20.9. The fourth-order valence-corrected chi connectivity index (χ4v) is 2.95. The van der Waals surface area contributed by atoms with Crippen LogP contribution in [0.25, 0.3) is 0 Å². The molecule has 0 bridgehead atoms. The fraction of sp³-hybridized carbons (Fsp3) is 0.429. The van der Waals surface area contributed by atoms with Crippen LogP contribution in [0.4, 0.5) is 13.2 Å². The Kier molecular flexibility index (Phi) is 3.65. The summed E-state index contributed by atoms with van der Waals surface area (Å²) in [5, 5.41) is 5.36. The molecule has 0 aromatic heterocycles. The first-order valence-corrected chi connectivity index (χ1v) is 7.19. The average molecular weight is 332 g/mol. The Hall–Kier alpha value is -1.60. The van der Waals surface area contributed by atoms with Crippen LogP contribution < -0.4 is 10.6 Å². The maximum absolute atomic E-state index is 12.9. The first-order valence-electron chi connectivity index (χ1n) is 6.81. The molecule has 1 fully saturated rings. The monoisotopic (exact) mass is 331 g/mol. The number of nitrogens with zero attached hydrogens (tertiary/aromatic N) is 1. The lowest BCUT2D eigenvalue weighted by atomic mass is 9.89. The zero-order valence-electron chi connectivity index (χ0n) is 11.4. The van der Waals surface area contributed by atoms with Gasteiger partial charge in [-0.2, -0.15) is 13.2 Å². The average Bonchev–Trinajstić information content (AvgIpc) is 2.76. The summed E-state index contributed by atoms with van der Waals surface area (Å²) >= 11 is 5.60. The molecule has 0 atom stereocenters. The molecule has 0 radical (unpaired) electrons. The minimum Gasteiger partial charge on any atom is -0.317 e. The van der Waals surface area contributed by atoms with Crippen molar-refractivity contribution in [3.05, 3.63) is 34.3 Å². The van der Waals surface area contributed by atoms with Crippen molar-refractivity contribution in [3.8, 4) is 0 Å². The van der Waals surface area contributed by atoms with Gasteiger partial charge < -0.3 is 10.6 Å². The molecule has 0 saturated carbocycles. The molecular formula is C14H13ClF3N3O. The van der Waals surface area contributed by atoms with Crippen molar-refractivity contribution in [3.63, 3.8) is 0 Å². The van der Waals surface area contributed by atoms with E-state index in [1.807, 2.05) is 0 Å². The van der Waals surface area contributed by atoms with Crippen molar-refractivity contribution in [1.82, 2.24) is 10.6 Å². The smallest absolute Gasteiger partial charge is 0.317 e. The number of halogens is 4. The molecule has 22 heavy (non-hydrogen) atoms. The fourth-order valence-electron chi connectivity index (χ4n) is 2.72. The van der Waals surface area contributed by atoms with Gasteiger partial charge in [-0.1, -0.05) is 11.6 Å². The highest BCUT2D eigenvalue weighted by molar-refractivity contribution is 6.31. The molecule has 1 spiro atoms. The topological polar surface area (TPSA) is 53.5 Å². The number of carbonyl (C=O) groups excluding carboxylic acids is 1. The van der Waals surface area contributed by atoms with E-state index >= 15 is 0 Å². The minimum atomic E-state index is -4.55. The molecule has 2 aliphatic rings. The van der Waals surface area contributed by atoms with Crippen molar-refractivity contribution in [2.45, 2.75) is 24.6 Å². The molecule has 4 nitrogen and oxygen atoms in total. The number of rotatable bonds is 1. The minimum absolute atomic E-state index is 0.175. The van der Waals surface area contributed by atoms with Crippen LogP contribution in [-0.4, -0.2) is 30.4 Å². The molecule has 2 aliphatic heterocycles. The number of aliphatic imine (C=N–C) groups is 1. The highest BCUT2D eigenvalue weighted by Crippen LogP contribution is 2.36. The van der Waals surface area contributed by atoms with E-state index < -0.39 is 17.3 Å². The third-order valence-electron chi connectivity index (χ3n) is 3.96. The first-order chi connectivity index (χ1) is 10.3. The number of amidine groups is 1. The third kappa shape index (κ3) is 2.59. The van der Waals surface area contributed by atoms with E-state index in [1.165, 1.54) is 12.1 Å². The van der Waals surface area contributed by atoms with Gasteiger partial charge in [0.15, 0.2) is 0 Å². The van der Waals surface area contributed by atoms with Crippen LogP contribution in [0.2, 0.25) is 5.02 Å². The van der Waals surface area contributed by atoms with E-state index in [4.69, 9.17) is 11.6 Å². The number of alkyl halides is 3. The molecular weight excluding hydrogens is 319 g/mol. The standard InChI is InChI=1S/C14H13ClF3N3O/c15-10-2-1-8(7-9(10)14(16,17)18)11-20-12(22)13(21-11)3-5-19-6-4-13/h1-2,7,19H,3-6H2,(H,20,21,22). The van der Waals surface area contributed by atoms with Crippen molar-refractivity contribution >= 4 is 23.3 Å². The second kappa shape index (κ2) is 5.24. The number of hydrogen-bond donors (Lipinski definition) is 2. The molecule has 1 saturated heterocycles. The first kappa shape index (κ1) is 15.3. The van der Waals surface area contributed by atoms with E-state index in [-0.39, 0.29) is 22.3 Å². The van der Waals surface area contributed by atoms with E-state index in [0.29, 0.717) is 25.9 Å². The molecule has 2 heterocycles. The second-order valence-electron chi connectivity index (χ2n) is 5.39. The summed E-state index contributed by atoms with van der Waals surface area (Å²) in [6, 6.07) is 3.51. The predicted octanol–water partition coefficient (Wildman–Crippen LogP) is 2.36. The Morgan fingerprint density at radius 1 is 1.23 bits per heavy atom. The van der Waals surface area contributed by atoms with Crippen molar-refractivity contribution in [1.29, 1.82) is 0 Å². The van der Waals surface area contributed by atoms with Crippen molar-refractivity contribution < 1.29 is 18.0 Å². The largest absolute Gasteiger partial charge is 0.417 e. The van der Waals surface area contributed by atoms with Crippen LogP contribution >= 0.6 is 11.6 Å². The van der Waals surface area contributed by atoms with Gasteiger partial charge in [0.2, 0.25) is 0 Å². The number of amides is 1. The van der Waals surface area contributed by atoms with E-state index in [0.717, 1.165) is 6.07 Å². The lowest BCUT2D eigenvalue weighted by Crippen LogP contribution is -2.47. The summed E-state index contributed by atoms with van der Waals surface area (Å²) in [4.78, 5) is 16.6. The summed E-state index contributed by atoms with van der Waals surface area (Å²) in [5.74, 6) is -0.0819. The van der Waals surface area contributed by atoms with Gasteiger partial charge in [0.05, 0.1) is 10.6 Å². The van der Waals surface area contributed by atoms with Gasteiger partial charge in [0.25, 0.3) is 5.91 Å². The summed E-state index contributed by atoms with van der Waals surface area (Å²) in [6.45, 7) is 1.30. The molecule has 8 heteroatoms. The van der Waals surface area contributed by atoms with E-state index in [1.54, 1.807) is 0 Å². The van der Waals surface area contributed by atoms with Crippen LogP contribution in [0, 0.1) is 0 Å². The molecule has 118 valence electrons. The van der Waals surface area contributed by atoms with Crippen molar-refractivity contribution in [2.24, 2.45) is 4.99 Å². The summed E-state index contributed by atoms with van der Waals surface area (Å²) in [7, 11) is 0. The summed E-state index contributed by atoms with van der Waals surface area (Å²) < 4.78 is 38.8. The Balaban J connectivity index is 1.98. The van der Waals surface area contributed by atoms with Gasteiger partial charge in [0.1, 0.15) is 11.4 Å². The molecule has 1 amide bonds. The maximum atomic E-state index is 12.9. The highest BCUT2D eigenvalue weighted by Gasteiger charge is 2.44. The Morgan fingerprint density at radius 3 is 2.55 bits per heavy atom. The lowest BCUT2D eigenvalue weighted by molar-refractivity contribution is -0.137. The van der Waals surface area contributed by atoms with Gasteiger partial charge >= 0.3 is 6.18 Å². The van der Waals surface area contributed by atoms with E-state index in [9.17, 15) is 18.0 Å². The zero-order valence-corrected chi connectivity index (χ0v) is 12.2. The van der Waals surface area contributed by atoms with Gasteiger partial charge in [-0.15, -0.1) is 0 Å². The quantitative estimate of drug-likeness (QED) is 0.830. The SMILES string of the molecule is O=C1NC(c2ccc(Cl)c(C(F)(F)F)c2)=NC12CCNCC2. The number of benzene rings is 1. The second-order valence-corrected chi connectivity index (χ2v) is 5.80. The Labute approximate surface area is 129 Å². The van der Waals surface area contributed by atoms with Gasteiger partial charge in [-0.05, 0) is 44.1 Å². The lowest BCUT2D eigenvalue weighted by Gasteiger charge is -2.28. The maximum Gasteiger partial charge on any atom is 0.417 e. The molecule has 0 unspecified atom stereocenters. The number of hydrogen-bond acceptors (Lipinski definition) is 3. The van der Waals surface area contributed by atoms with Crippen LogP contribution in [0.5, 0.6) is 0 Å². The van der Waals surface area contributed by atoms with Gasteiger partial charge in [-0.3, -0.25) is 9.79 Å². The summed E-state index contributed by atoms with van der Waals surface area (Å²) in [6.07, 6.45) is -3.49. The van der Waals surface area contributed by atoms with Crippen LogP contribution in [0.3, 0.4) is 0 Å². The number of nitrogens with one attached hydrogen (secondary N) is 2. The molecule has 3 rings (SSSR count). The molecule has 1 aromatic rings. The number of piperidine rings is 1. The van der Waals surface area contributed by atoms with Crippen LogP contribution in [-0.2, 0) is 11.0 Å². The summed E-state index contributed by atoms with van der Waals surface area (Å²) in [5.41, 5.74) is -1.59. The van der Waals surface area contributed by atoms with Gasteiger partial charge in [0, 0.05) is 5.56 Å². The predicted molar refractivity (Wildman–Crippen MR) is 76.0 cm³/mol. The molecule has 0 aliphatic carbocycles. The third-order valence-corrected chi connectivity index (χ3v) is 4.29. The zero-order chi connectivity index (χ0) is 16.0. The van der Waals surface area contributed by atoms with Crippen LogP contribution in [0.1, 0.15) is 24.0 Å². The Morgan fingerprint density at radius 2 is 1.91 bits per heavy atom. The van der Waals surface area contributed by atoms with E-state index in [2.05, 4.69) is 15.6 Å². The Bertz CT molecular complexity index is 651. The highest BCUT2D eigenvalue weighted by atomic mass is 35.5. The van der Waals surface area contributed by atoms with Crippen LogP contribution in [0.15, 0.2) is 23.2 Å². The molecule has 1 aromatic carbocycles.